The number of nitrogens with two attached hydrogens (primary N) is 1. The van der Waals surface area contributed by atoms with E-state index in [9.17, 15) is 8.78 Å². The van der Waals surface area contributed by atoms with Gasteiger partial charge in [-0.2, -0.15) is 0 Å². The van der Waals surface area contributed by atoms with Gasteiger partial charge in [-0.1, -0.05) is 18.2 Å². The molecule has 3 rings (SSSR count). The molecule has 0 radical (unpaired) electrons. The van der Waals surface area contributed by atoms with Crippen LogP contribution in [0.5, 0.6) is 5.75 Å². The van der Waals surface area contributed by atoms with Crippen molar-refractivity contribution in [1.82, 2.24) is 9.55 Å². The first-order chi connectivity index (χ1) is 10.1. The molecule has 0 saturated heterocycles. The van der Waals surface area contributed by atoms with Gasteiger partial charge in [-0.3, -0.25) is 0 Å². The highest BCUT2D eigenvalue weighted by Gasteiger charge is 2.15. The Hall–Kier alpha value is -2.63. The van der Waals surface area contributed by atoms with Gasteiger partial charge in [0.25, 0.3) is 0 Å². The van der Waals surface area contributed by atoms with Crippen LogP contribution in [0.3, 0.4) is 0 Å². The Labute approximate surface area is 119 Å². The lowest BCUT2D eigenvalue weighted by Crippen LogP contribution is -2.06. The molecule has 108 valence electrons. The third kappa shape index (κ3) is 2.29. The van der Waals surface area contributed by atoms with Gasteiger partial charge in [0.1, 0.15) is 17.1 Å². The highest BCUT2D eigenvalue weighted by atomic mass is 19.1. The van der Waals surface area contributed by atoms with E-state index in [0.29, 0.717) is 17.8 Å². The molecule has 0 amide bonds. The largest absolute Gasteiger partial charge is 0.496 e. The van der Waals surface area contributed by atoms with Crippen LogP contribution >= 0.6 is 0 Å². The maximum absolute atomic E-state index is 13.7. The van der Waals surface area contributed by atoms with Crippen molar-refractivity contribution < 1.29 is 13.5 Å². The summed E-state index contributed by atoms with van der Waals surface area (Å²) in [7, 11) is 1.56. The molecule has 2 N–H and O–H groups in total. The fourth-order valence-corrected chi connectivity index (χ4v) is 2.34. The van der Waals surface area contributed by atoms with Gasteiger partial charge in [0, 0.05) is 17.7 Å². The van der Waals surface area contributed by atoms with Gasteiger partial charge in [-0.15, -0.1) is 0 Å². The molecule has 6 heteroatoms. The van der Waals surface area contributed by atoms with Gasteiger partial charge in [-0.05, 0) is 6.07 Å². The number of imidazole rings is 1. The smallest absolute Gasteiger partial charge is 0.201 e. The van der Waals surface area contributed by atoms with Crippen LogP contribution in [-0.4, -0.2) is 16.7 Å². The van der Waals surface area contributed by atoms with E-state index < -0.39 is 11.6 Å². The molecular formula is C15H13F2N3O. The van der Waals surface area contributed by atoms with E-state index in [1.54, 1.807) is 11.7 Å². The number of anilines is 1. The van der Waals surface area contributed by atoms with Gasteiger partial charge >= 0.3 is 0 Å². The first-order valence-electron chi connectivity index (χ1n) is 6.33. The predicted molar refractivity (Wildman–Crippen MR) is 76.2 cm³/mol. The van der Waals surface area contributed by atoms with E-state index in [1.807, 2.05) is 24.3 Å². The molecule has 0 aliphatic heterocycles. The topological polar surface area (TPSA) is 53.1 Å². The summed E-state index contributed by atoms with van der Waals surface area (Å²) in [6.07, 6.45) is 0. The van der Waals surface area contributed by atoms with Gasteiger partial charge in [0.05, 0.1) is 19.2 Å². The van der Waals surface area contributed by atoms with E-state index in [0.717, 1.165) is 11.6 Å². The van der Waals surface area contributed by atoms with Crippen LogP contribution in [-0.2, 0) is 6.54 Å². The van der Waals surface area contributed by atoms with Crippen molar-refractivity contribution in [2.24, 2.45) is 0 Å². The van der Waals surface area contributed by atoms with Crippen LogP contribution in [0, 0.1) is 11.6 Å². The molecule has 0 aliphatic carbocycles. The summed E-state index contributed by atoms with van der Waals surface area (Å²) in [5, 5.41) is 0. The standard InChI is InChI=1S/C15H13F2N3O/c1-21-13-5-3-2-4-9(13)8-20-12-7-10(16)6-11(17)14(12)19-15(20)18/h2-7H,8H2,1H3,(H2,18,19). The maximum atomic E-state index is 13.7. The minimum atomic E-state index is -0.726. The fraction of sp³-hybridized carbons (Fsp3) is 0.133. The summed E-state index contributed by atoms with van der Waals surface area (Å²) < 4.78 is 34.0. The van der Waals surface area contributed by atoms with Crippen molar-refractivity contribution in [2.45, 2.75) is 6.54 Å². The van der Waals surface area contributed by atoms with Crippen LogP contribution in [0.1, 0.15) is 5.56 Å². The molecule has 0 atom stereocenters. The quantitative estimate of drug-likeness (QED) is 0.806. The number of aromatic nitrogens is 2. The number of nitrogen functional groups attached to an aromatic ring is 1. The minimum absolute atomic E-state index is 0.0591. The Morgan fingerprint density at radius 3 is 2.76 bits per heavy atom. The Kier molecular flexibility index (Phi) is 3.21. The third-order valence-corrected chi connectivity index (χ3v) is 3.32. The van der Waals surface area contributed by atoms with Gasteiger partial charge in [0.2, 0.25) is 5.95 Å². The first-order valence-corrected chi connectivity index (χ1v) is 6.33. The highest BCUT2D eigenvalue weighted by molar-refractivity contribution is 5.79. The van der Waals surface area contributed by atoms with Crippen molar-refractivity contribution in [3.63, 3.8) is 0 Å². The molecule has 1 heterocycles. The lowest BCUT2D eigenvalue weighted by molar-refractivity contribution is 0.408. The van der Waals surface area contributed by atoms with E-state index in [2.05, 4.69) is 4.98 Å². The van der Waals surface area contributed by atoms with Crippen molar-refractivity contribution in [3.05, 3.63) is 53.6 Å². The molecule has 4 nitrogen and oxygen atoms in total. The lowest BCUT2D eigenvalue weighted by Gasteiger charge is -2.10. The lowest BCUT2D eigenvalue weighted by atomic mass is 10.2. The molecule has 2 aromatic carbocycles. The van der Waals surface area contributed by atoms with Crippen LogP contribution < -0.4 is 10.5 Å². The van der Waals surface area contributed by atoms with Crippen LogP contribution in [0.25, 0.3) is 11.0 Å². The normalized spacial score (nSPS) is 11.0. The van der Waals surface area contributed by atoms with E-state index in [-0.39, 0.29) is 11.5 Å². The number of hydrogen-bond donors (Lipinski definition) is 1. The number of benzene rings is 2. The number of ether oxygens (including phenoxy) is 1. The Morgan fingerprint density at radius 2 is 2.00 bits per heavy atom. The zero-order valence-electron chi connectivity index (χ0n) is 11.3. The Bertz CT molecular complexity index is 814. The third-order valence-electron chi connectivity index (χ3n) is 3.32. The average molecular weight is 289 g/mol. The predicted octanol–water partition coefficient (Wildman–Crippen LogP) is 2.95. The summed E-state index contributed by atoms with van der Waals surface area (Å²) in [6.45, 7) is 0.315. The molecule has 0 unspecified atom stereocenters. The summed E-state index contributed by atoms with van der Waals surface area (Å²) in [5.74, 6) is -0.590. The van der Waals surface area contributed by atoms with E-state index in [4.69, 9.17) is 10.5 Å². The number of fused-ring (bicyclic) bond motifs is 1. The van der Waals surface area contributed by atoms with Gasteiger partial charge < -0.3 is 15.0 Å². The van der Waals surface area contributed by atoms with Crippen LogP contribution in [0.15, 0.2) is 36.4 Å². The molecule has 1 aromatic heterocycles. The minimum Gasteiger partial charge on any atom is -0.496 e. The SMILES string of the molecule is COc1ccccc1Cn1c(N)nc2c(F)cc(F)cc21. The van der Waals surface area contributed by atoms with Crippen LogP contribution in [0.2, 0.25) is 0 Å². The maximum Gasteiger partial charge on any atom is 0.201 e. The zero-order chi connectivity index (χ0) is 15.0. The summed E-state index contributed by atoms with van der Waals surface area (Å²) in [6, 6.07) is 9.39. The number of nitrogens with zero attached hydrogens (tertiary/aromatic N) is 2. The summed E-state index contributed by atoms with van der Waals surface area (Å²) in [4.78, 5) is 3.96. The molecule has 0 saturated carbocycles. The van der Waals surface area contributed by atoms with E-state index >= 15 is 0 Å². The number of para-hydroxylation sites is 1. The molecule has 0 spiro atoms. The second-order valence-electron chi connectivity index (χ2n) is 4.62. The summed E-state index contributed by atoms with van der Waals surface area (Å²) >= 11 is 0. The van der Waals surface area contributed by atoms with Crippen molar-refractivity contribution in [1.29, 1.82) is 0 Å². The van der Waals surface area contributed by atoms with E-state index in [1.165, 1.54) is 6.07 Å². The number of methoxy groups -OCH3 is 1. The monoisotopic (exact) mass is 289 g/mol. The van der Waals surface area contributed by atoms with Crippen molar-refractivity contribution >= 4 is 17.0 Å². The fourth-order valence-electron chi connectivity index (χ4n) is 2.34. The molecule has 3 aromatic rings. The van der Waals surface area contributed by atoms with Crippen molar-refractivity contribution in [3.8, 4) is 5.75 Å². The molecule has 0 aliphatic rings. The number of hydrogen-bond acceptors (Lipinski definition) is 3. The Balaban J connectivity index is 2.14. The van der Waals surface area contributed by atoms with Crippen molar-refractivity contribution in [2.75, 3.05) is 12.8 Å². The molecule has 0 fully saturated rings. The van der Waals surface area contributed by atoms with Gasteiger partial charge in [-0.25, -0.2) is 13.8 Å². The molecular weight excluding hydrogens is 276 g/mol. The van der Waals surface area contributed by atoms with Gasteiger partial charge in [0.15, 0.2) is 5.82 Å². The summed E-state index contributed by atoms with van der Waals surface area (Å²) in [5.41, 5.74) is 7.05. The highest BCUT2D eigenvalue weighted by Crippen LogP contribution is 2.26. The van der Waals surface area contributed by atoms with Crippen LogP contribution in [0.4, 0.5) is 14.7 Å². The Morgan fingerprint density at radius 1 is 1.24 bits per heavy atom. The molecule has 0 bridgehead atoms. The number of rotatable bonds is 3. The molecule has 21 heavy (non-hydrogen) atoms. The zero-order valence-corrected chi connectivity index (χ0v) is 11.3. The second-order valence-corrected chi connectivity index (χ2v) is 4.62. The average Bonchev–Trinajstić information content (AvgIpc) is 2.77. The number of halogens is 2. The second kappa shape index (κ2) is 5.05. The first kappa shape index (κ1) is 13.4.